The molecule has 1 rings (SSSR count). The van der Waals surface area contributed by atoms with Gasteiger partial charge in [0.2, 0.25) is 0 Å². The van der Waals surface area contributed by atoms with E-state index in [2.05, 4.69) is 30.8 Å². The fourth-order valence-electron chi connectivity index (χ4n) is 1.55. The Balaban J connectivity index is 0.000000671. The van der Waals surface area contributed by atoms with Crippen LogP contribution in [0.5, 0.6) is 0 Å². The monoisotopic (exact) mass is 188 g/mol. The maximum atomic E-state index is 9.00. The van der Waals surface area contributed by atoms with Gasteiger partial charge in [-0.3, -0.25) is 4.90 Å². The number of aliphatic hydroxyl groups is 1. The number of likely N-dealkylation sites (N-methyl/N-ethyl adjacent to an activating group) is 2. The van der Waals surface area contributed by atoms with E-state index in [-0.39, 0.29) is 6.61 Å². The van der Waals surface area contributed by atoms with Crippen molar-refractivity contribution in [3.05, 3.63) is 0 Å². The molecule has 0 amide bonds. The summed E-state index contributed by atoms with van der Waals surface area (Å²) in [5.74, 6) is 0. The molecule has 13 heavy (non-hydrogen) atoms. The molecule has 1 saturated heterocycles. The van der Waals surface area contributed by atoms with Crippen LogP contribution in [0.1, 0.15) is 6.92 Å². The van der Waals surface area contributed by atoms with Crippen LogP contribution < -0.4 is 0 Å². The van der Waals surface area contributed by atoms with Gasteiger partial charge in [-0.1, -0.05) is 0 Å². The fourth-order valence-corrected chi connectivity index (χ4v) is 1.55. The van der Waals surface area contributed by atoms with E-state index in [4.69, 9.17) is 9.90 Å². The SMILES string of the molecule is C=O.C[C@H]1CN(C)[C@H](CO)CN1C. The number of rotatable bonds is 1. The molecule has 0 aliphatic carbocycles. The number of aliphatic hydroxyl groups excluding tert-OH is 1. The van der Waals surface area contributed by atoms with Gasteiger partial charge in [0.1, 0.15) is 6.79 Å². The van der Waals surface area contributed by atoms with Crippen LogP contribution >= 0.6 is 0 Å². The minimum absolute atomic E-state index is 0.271. The van der Waals surface area contributed by atoms with E-state index in [0.29, 0.717) is 12.1 Å². The van der Waals surface area contributed by atoms with Crippen LogP contribution in [-0.2, 0) is 4.79 Å². The van der Waals surface area contributed by atoms with Crippen molar-refractivity contribution < 1.29 is 9.90 Å². The molecule has 1 N–H and O–H groups in total. The molecule has 0 unspecified atom stereocenters. The third-order valence-corrected chi connectivity index (χ3v) is 2.64. The molecule has 1 heterocycles. The average Bonchev–Trinajstić information content (AvgIpc) is 2.15. The Hall–Kier alpha value is -0.450. The molecular weight excluding hydrogens is 168 g/mol. The van der Waals surface area contributed by atoms with Crippen LogP contribution in [0.15, 0.2) is 0 Å². The van der Waals surface area contributed by atoms with Crippen molar-refractivity contribution in [2.75, 3.05) is 33.8 Å². The normalized spacial score (nSPS) is 30.8. The fraction of sp³-hybridized carbons (Fsp3) is 0.889. The summed E-state index contributed by atoms with van der Waals surface area (Å²) in [6, 6.07) is 0.944. The van der Waals surface area contributed by atoms with Gasteiger partial charge in [-0.15, -0.1) is 0 Å². The van der Waals surface area contributed by atoms with E-state index in [1.54, 1.807) is 0 Å². The third kappa shape index (κ3) is 3.42. The van der Waals surface area contributed by atoms with Crippen molar-refractivity contribution in [3.8, 4) is 0 Å². The van der Waals surface area contributed by atoms with Gasteiger partial charge in [0.25, 0.3) is 0 Å². The molecule has 2 atom stereocenters. The highest BCUT2D eigenvalue weighted by molar-refractivity contribution is 5.10. The number of nitrogens with zero attached hydrogens (tertiary/aromatic N) is 2. The van der Waals surface area contributed by atoms with Gasteiger partial charge < -0.3 is 14.8 Å². The molecule has 0 saturated carbocycles. The van der Waals surface area contributed by atoms with Crippen LogP contribution in [0.4, 0.5) is 0 Å². The van der Waals surface area contributed by atoms with Gasteiger partial charge in [-0.05, 0) is 21.0 Å². The van der Waals surface area contributed by atoms with E-state index in [1.807, 2.05) is 6.79 Å². The number of carbonyl (C=O) groups excluding carboxylic acids is 1. The van der Waals surface area contributed by atoms with Crippen molar-refractivity contribution in [1.82, 2.24) is 9.80 Å². The molecule has 0 radical (unpaired) electrons. The van der Waals surface area contributed by atoms with Crippen molar-refractivity contribution in [1.29, 1.82) is 0 Å². The van der Waals surface area contributed by atoms with Crippen LogP contribution in [0.3, 0.4) is 0 Å². The molecule has 0 aromatic rings. The molecule has 1 aliphatic heterocycles. The quantitative estimate of drug-likeness (QED) is 0.598. The lowest BCUT2D eigenvalue weighted by molar-refractivity contribution is -0.0979. The standard InChI is InChI=1S/C8H18N2O.CH2O/c1-7-4-10(3)8(6-11)5-9(7)2;1-2/h7-8,11H,4-6H2,1-3H3;1H2/t7-,8-;/m0./s1. The molecular formula is C9H20N2O2. The van der Waals surface area contributed by atoms with Crippen molar-refractivity contribution in [2.24, 2.45) is 0 Å². The zero-order chi connectivity index (χ0) is 10.4. The molecule has 1 fully saturated rings. The summed E-state index contributed by atoms with van der Waals surface area (Å²) in [5, 5.41) is 9.00. The summed E-state index contributed by atoms with van der Waals surface area (Å²) in [6.07, 6.45) is 0. The van der Waals surface area contributed by atoms with Gasteiger partial charge in [-0.2, -0.15) is 0 Å². The van der Waals surface area contributed by atoms with E-state index in [9.17, 15) is 0 Å². The maximum absolute atomic E-state index is 9.00. The topological polar surface area (TPSA) is 43.8 Å². The Morgan fingerprint density at radius 1 is 1.31 bits per heavy atom. The Morgan fingerprint density at radius 3 is 2.31 bits per heavy atom. The van der Waals surface area contributed by atoms with Crippen LogP contribution in [0, 0.1) is 0 Å². The summed E-state index contributed by atoms with van der Waals surface area (Å²) in [7, 11) is 4.19. The Bertz CT molecular complexity index is 144. The average molecular weight is 188 g/mol. The largest absolute Gasteiger partial charge is 0.395 e. The highest BCUT2D eigenvalue weighted by atomic mass is 16.3. The summed E-state index contributed by atoms with van der Waals surface area (Å²) < 4.78 is 0. The molecule has 4 nitrogen and oxygen atoms in total. The lowest BCUT2D eigenvalue weighted by Gasteiger charge is -2.41. The second-order valence-electron chi connectivity index (χ2n) is 3.56. The molecule has 0 aromatic carbocycles. The predicted molar refractivity (Wildman–Crippen MR) is 52.7 cm³/mol. The Kier molecular flexibility index (Phi) is 5.86. The van der Waals surface area contributed by atoms with Gasteiger partial charge in [-0.25, -0.2) is 0 Å². The Labute approximate surface area is 80.1 Å². The molecule has 0 spiro atoms. The first-order valence-electron chi connectivity index (χ1n) is 4.45. The first-order chi connectivity index (χ1) is 6.15. The van der Waals surface area contributed by atoms with Gasteiger partial charge in [0.15, 0.2) is 0 Å². The van der Waals surface area contributed by atoms with Crippen molar-refractivity contribution in [2.45, 2.75) is 19.0 Å². The first-order valence-corrected chi connectivity index (χ1v) is 4.45. The predicted octanol–water partition coefficient (Wildman–Crippen LogP) is -0.572. The molecule has 4 heteroatoms. The Morgan fingerprint density at radius 2 is 1.85 bits per heavy atom. The van der Waals surface area contributed by atoms with Crippen molar-refractivity contribution >= 4 is 6.79 Å². The zero-order valence-corrected chi connectivity index (χ0v) is 8.73. The van der Waals surface area contributed by atoms with Crippen LogP contribution in [-0.4, -0.2) is 67.6 Å². The summed E-state index contributed by atoms with van der Waals surface area (Å²) in [6.45, 7) is 6.52. The van der Waals surface area contributed by atoms with E-state index in [1.165, 1.54) is 0 Å². The van der Waals surface area contributed by atoms with Crippen molar-refractivity contribution in [3.63, 3.8) is 0 Å². The lowest BCUT2D eigenvalue weighted by atomic mass is 10.1. The van der Waals surface area contributed by atoms with Gasteiger partial charge >= 0.3 is 0 Å². The number of carbonyl (C=O) groups is 1. The summed E-state index contributed by atoms with van der Waals surface area (Å²) >= 11 is 0. The zero-order valence-electron chi connectivity index (χ0n) is 8.73. The highest BCUT2D eigenvalue weighted by Gasteiger charge is 2.25. The lowest BCUT2D eigenvalue weighted by Crippen LogP contribution is -2.55. The smallest absolute Gasteiger partial charge is 0.106 e. The number of hydrogen-bond donors (Lipinski definition) is 1. The second kappa shape index (κ2) is 6.07. The van der Waals surface area contributed by atoms with Gasteiger partial charge in [0.05, 0.1) is 6.61 Å². The first kappa shape index (κ1) is 12.6. The minimum atomic E-state index is 0.271. The summed E-state index contributed by atoms with van der Waals surface area (Å²) in [5.41, 5.74) is 0. The maximum Gasteiger partial charge on any atom is 0.106 e. The van der Waals surface area contributed by atoms with E-state index >= 15 is 0 Å². The van der Waals surface area contributed by atoms with Gasteiger partial charge in [0, 0.05) is 25.2 Å². The minimum Gasteiger partial charge on any atom is -0.395 e. The van der Waals surface area contributed by atoms with Crippen LogP contribution in [0.2, 0.25) is 0 Å². The molecule has 1 aliphatic rings. The highest BCUT2D eigenvalue weighted by Crippen LogP contribution is 2.10. The molecule has 0 aromatic heterocycles. The third-order valence-electron chi connectivity index (χ3n) is 2.64. The number of piperazine rings is 1. The van der Waals surface area contributed by atoms with E-state index in [0.717, 1.165) is 13.1 Å². The second-order valence-corrected chi connectivity index (χ2v) is 3.56. The number of hydrogen-bond acceptors (Lipinski definition) is 4. The molecule has 78 valence electrons. The van der Waals surface area contributed by atoms with Crippen LogP contribution in [0.25, 0.3) is 0 Å². The van der Waals surface area contributed by atoms with E-state index < -0.39 is 0 Å². The molecule has 0 bridgehead atoms. The summed E-state index contributed by atoms with van der Waals surface area (Å²) in [4.78, 5) is 12.5.